The highest BCUT2D eigenvalue weighted by Crippen LogP contribution is 2.04. The largest absolute Gasteiger partial charge is 0.366 e. The molecule has 1 rings (SSSR count). The van der Waals surface area contributed by atoms with Crippen LogP contribution in [-0.2, 0) is 0 Å². The normalized spacial score (nSPS) is 12.6. The minimum Gasteiger partial charge on any atom is -0.366 e. The molecular formula is C8H12ClN3. The fourth-order valence-electron chi connectivity index (χ4n) is 0.824. The first-order valence-electron chi connectivity index (χ1n) is 3.83. The van der Waals surface area contributed by atoms with E-state index in [4.69, 9.17) is 11.6 Å². The summed E-state index contributed by atoms with van der Waals surface area (Å²) in [5.74, 6) is 1.40. The van der Waals surface area contributed by atoms with Crippen molar-refractivity contribution in [2.45, 2.75) is 19.9 Å². The number of hydrogen-bond donors (Lipinski definition) is 1. The fraction of sp³-hybridized carbons (Fsp3) is 0.500. The van der Waals surface area contributed by atoms with Crippen LogP contribution in [0, 0.1) is 6.92 Å². The van der Waals surface area contributed by atoms with Crippen LogP contribution in [0.15, 0.2) is 12.4 Å². The zero-order valence-corrected chi connectivity index (χ0v) is 7.97. The van der Waals surface area contributed by atoms with Crippen LogP contribution < -0.4 is 5.32 Å². The van der Waals surface area contributed by atoms with Crippen LogP contribution in [-0.4, -0.2) is 21.9 Å². The maximum absolute atomic E-state index is 5.64. The number of anilines is 1. The molecule has 0 bridgehead atoms. The Bertz CT molecular complexity index is 252. The van der Waals surface area contributed by atoms with Crippen molar-refractivity contribution in [2.24, 2.45) is 0 Å². The summed E-state index contributed by atoms with van der Waals surface area (Å²) in [7, 11) is 0. The molecule has 0 aliphatic heterocycles. The fourth-order valence-corrected chi connectivity index (χ4v) is 0.902. The van der Waals surface area contributed by atoms with E-state index in [0.29, 0.717) is 5.88 Å². The average molecular weight is 186 g/mol. The first kappa shape index (κ1) is 9.26. The lowest BCUT2D eigenvalue weighted by atomic mass is 10.3. The molecule has 4 heteroatoms. The van der Waals surface area contributed by atoms with Gasteiger partial charge in [-0.2, -0.15) is 0 Å². The third-order valence-electron chi connectivity index (χ3n) is 1.43. The molecule has 0 fully saturated rings. The molecule has 1 heterocycles. The lowest BCUT2D eigenvalue weighted by Gasteiger charge is -2.10. The van der Waals surface area contributed by atoms with Crippen LogP contribution in [0.25, 0.3) is 0 Å². The van der Waals surface area contributed by atoms with Crippen molar-refractivity contribution in [3.05, 3.63) is 18.1 Å². The van der Waals surface area contributed by atoms with Crippen LogP contribution in [0.1, 0.15) is 12.6 Å². The van der Waals surface area contributed by atoms with Gasteiger partial charge in [-0.25, -0.2) is 9.97 Å². The topological polar surface area (TPSA) is 37.8 Å². The number of hydrogen-bond acceptors (Lipinski definition) is 3. The Morgan fingerprint density at radius 2 is 2.33 bits per heavy atom. The summed E-state index contributed by atoms with van der Waals surface area (Å²) in [5, 5.41) is 3.15. The van der Waals surface area contributed by atoms with E-state index < -0.39 is 0 Å². The number of halogens is 1. The van der Waals surface area contributed by atoms with Gasteiger partial charge in [0, 0.05) is 23.7 Å². The summed E-state index contributed by atoms with van der Waals surface area (Å²) >= 11 is 5.64. The van der Waals surface area contributed by atoms with Crippen LogP contribution in [0.3, 0.4) is 0 Å². The molecule has 1 aromatic rings. The number of nitrogens with one attached hydrogen (secondary N) is 1. The van der Waals surface area contributed by atoms with Gasteiger partial charge >= 0.3 is 0 Å². The zero-order valence-electron chi connectivity index (χ0n) is 7.21. The van der Waals surface area contributed by atoms with E-state index >= 15 is 0 Å². The van der Waals surface area contributed by atoms with Crippen molar-refractivity contribution in [2.75, 3.05) is 11.2 Å². The van der Waals surface area contributed by atoms with Crippen molar-refractivity contribution >= 4 is 17.4 Å². The molecule has 0 aliphatic rings. The summed E-state index contributed by atoms with van der Waals surface area (Å²) in [4.78, 5) is 8.04. The molecule has 1 unspecified atom stereocenters. The maximum Gasteiger partial charge on any atom is 0.129 e. The molecule has 1 atom stereocenters. The van der Waals surface area contributed by atoms with E-state index in [0.717, 1.165) is 11.5 Å². The Morgan fingerprint density at radius 1 is 1.58 bits per heavy atom. The predicted octanol–water partition coefficient (Wildman–Crippen LogP) is 1.82. The van der Waals surface area contributed by atoms with Crippen LogP contribution in [0.5, 0.6) is 0 Å². The summed E-state index contributed by atoms with van der Waals surface area (Å²) in [6.45, 7) is 3.93. The number of nitrogens with zero attached hydrogens (tertiary/aromatic N) is 2. The Balaban J connectivity index is 2.63. The first-order chi connectivity index (χ1) is 5.72. The lowest BCUT2D eigenvalue weighted by Crippen LogP contribution is -2.17. The van der Waals surface area contributed by atoms with Gasteiger partial charge in [-0.3, -0.25) is 0 Å². The van der Waals surface area contributed by atoms with E-state index in [-0.39, 0.29) is 6.04 Å². The van der Waals surface area contributed by atoms with Gasteiger partial charge in [0.1, 0.15) is 12.1 Å². The van der Waals surface area contributed by atoms with Gasteiger partial charge in [-0.15, -0.1) is 11.6 Å². The number of aromatic nitrogens is 2. The molecule has 1 aromatic heterocycles. The van der Waals surface area contributed by atoms with E-state index in [2.05, 4.69) is 15.3 Å². The van der Waals surface area contributed by atoms with Gasteiger partial charge in [0.2, 0.25) is 0 Å². The van der Waals surface area contributed by atoms with E-state index in [1.54, 1.807) is 6.33 Å². The van der Waals surface area contributed by atoms with Gasteiger partial charge in [0.15, 0.2) is 0 Å². The molecule has 0 saturated carbocycles. The quantitative estimate of drug-likeness (QED) is 0.731. The van der Waals surface area contributed by atoms with E-state index in [1.807, 2.05) is 19.9 Å². The van der Waals surface area contributed by atoms with Crippen molar-refractivity contribution in [1.29, 1.82) is 0 Å². The predicted molar refractivity (Wildman–Crippen MR) is 50.6 cm³/mol. The molecule has 1 N–H and O–H groups in total. The van der Waals surface area contributed by atoms with Crippen LogP contribution in [0.2, 0.25) is 0 Å². The molecule has 0 aliphatic carbocycles. The second-order valence-electron chi connectivity index (χ2n) is 2.74. The highest BCUT2D eigenvalue weighted by Gasteiger charge is 2.00. The van der Waals surface area contributed by atoms with Gasteiger partial charge in [0.25, 0.3) is 0 Å². The van der Waals surface area contributed by atoms with Gasteiger partial charge in [0.05, 0.1) is 0 Å². The van der Waals surface area contributed by atoms with Gasteiger partial charge in [-0.1, -0.05) is 0 Å². The lowest BCUT2D eigenvalue weighted by molar-refractivity contribution is 0.891. The van der Waals surface area contributed by atoms with Gasteiger partial charge in [-0.05, 0) is 13.8 Å². The smallest absolute Gasteiger partial charge is 0.129 e. The summed E-state index contributed by atoms with van der Waals surface area (Å²) in [5.41, 5.74) is 0.953. The summed E-state index contributed by atoms with van der Waals surface area (Å²) < 4.78 is 0. The van der Waals surface area contributed by atoms with E-state index in [1.165, 1.54) is 0 Å². The van der Waals surface area contributed by atoms with Crippen molar-refractivity contribution in [3.8, 4) is 0 Å². The minimum absolute atomic E-state index is 0.237. The highest BCUT2D eigenvalue weighted by atomic mass is 35.5. The third-order valence-corrected chi connectivity index (χ3v) is 1.89. The van der Waals surface area contributed by atoms with Crippen LogP contribution in [0.4, 0.5) is 5.82 Å². The SMILES string of the molecule is Cc1cc(NC(C)CCl)ncn1. The molecule has 0 aromatic carbocycles. The number of alkyl halides is 1. The Morgan fingerprint density at radius 3 is 2.92 bits per heavy atom. The second-order valence-corrected chi connectivity index (χ2v) is 3.05. The molecule has 0 amide bonds. The minimum atomic E-state index is 0.237. The molecule has 66 valence electrons. The standard InChI is InChI=1S/C8H12ClN3/c1-6-3-8(11-5-10-6)12-7(2)4-9/h3,5,7H,4H2,1-2H3,(H,10,11,12). The highest BCUT2D eigenvalue weighted by molar-refractivity contribution is 6.18. The zero-order chi connectivity index (χ0) is 8.97. The molecule has 0 saturated heterocycles. The van der Waals surface area contributed by atoms with Gasteiger partial charge < -0.3 is 5.32 Å². The molecule has 12 heavy (non-hydrogen) atoms. The molecule has 0 spiro atoms. The second kappa shape index (κ2) is 4.26. The molecule has 3 nitrogen and oxygen atoms in total. The van der Waals surface area contributed by atoms with Crippen molar-refractivity contribution in [3.63, 3.8) is 0 Å². The summed E-state index contributed by atoms with van der Waals surface area (Å²) in [6, 6.07) is 2.13. The number of aryl methyl sites for hydroxylation is 1. The van der Waals surface area contributed by atoms with Crippen LogP contribution >= 0.6 is 11.6 Å². The third kappa shape index (κ3) is 2.66. The monoisotopic (exact) mass is 185 g/mol. The Labute approximate surface area is 77.2 Å². The molecular weight excluding hydrogens is 174 g/mol. The maximum atomic E-state index is 5.64. The average Bonchev–Trinajstić information content (AvgIpc) is 2.04. The first-order valence-corrected chi connectivity index (χ1v) is 4.37. The number of rotatable bonds is 3. The Kier molecular flexibility index (Phi) is 3.29. The summed E-state index contributed by atoms with van der Waals surface area (Å²) in [6.07, 6.45) is 1.54. The van der Waals surface area contributed by atoms with Crippen molar-refractivity contribution < 1.29 is 0 Å². The Hall–Kier alpha value is -0.830. The van der Waals surface area contributed by atoms with Crippen molar-refractivity contribution in [1.82, 2.24) is 9.97 Å². The van der Waals surface area contributed by atoms with E-state index in [9.17, 15) is 0 Å². The molecule has 0 radical (unpaired) electrons.